The van der Waals surface area contributed by atoms with Crippen molar-refractivity contribution in [1.29, 1.82) is 0 Å². The first kappa shape index (κ1) is 25.1. The molecule has 186 valence electrons. The smallest absolute Gasteiger partial charge is 0.319 e. The predicted octanol–water partition coefficient (Wildman–Crippen LogP) is 3.43. The van der Waals surface area contributed by atoms with E-state index in [-0.39, 0.29) is 30.8 Å². The zero-order valence-electron chi connectivity index (χ0n) is 19.9. The van der Waals surface area contributed by atoms with E-state index in [4.69, 9.17) is 9.47 Å². The van der Waals surface area contributed by atoms with E-state index in [1.807, 2.05) is 55.5 Å². The maximum Gasteiger partial charge on any atom is 0.319 e. The van der Waals surface area contributed by atoms with Crippen molar-refractivity contribution in [3.05, 3.63) is 65.2 Å². The quantitative estimate of drug-likeness (QED) is 0.404. The van der Waals surface area contributed by atoms with Gasteiger partial charge in [-0.15, -0.1) is 5.10 Å². The first-order valence-corrected chi connectivity index (χ1v) is 12.5. The number of tetrazole rings is 1. The fraction of sp³-hybridized carbons (Fsp3) is 0.417. The molecule has 1 aliphatic heterocycles. The van der Waals surface area contributed by atoms with Gasteiger partial charge in [0.15, 0.2) is 6.29 Å². The van der Waals surface area contributed by atoms with Gasteiger partial charge in [0.1, 0.15) is 0 Å². The monoisotopic (exact) mass is 498 g/mol. The molecule has 3 aromatic rings. The van der Waals surface area contributed by atoms with Gasteiger partial charge in [0, 0.05) is 36.5 Å². The number of benzene rings is 2. The van der Waals surface area contributed by atoms with Gasteiger partial charge in [-0.25, -0.2) is 9.48 Å². The molecule has 0 radical (unpaired) electrons. The van der Waals surface area contributed by atoms with Crippen LogP contribution in [0.4, 0.5) is 10.5 Å². The van der Waals surface area contributed by atoms with Gasteiger partial charge in [-0.05, 0) is 40.6 Å². The SMILES string of the molecule is CCNC(=O)Nc1ccc(C2OC(CSc3nnnn3C)C(C)C(c3ccc(CO)cc3)O2)cc1. The number of aliphatic hydroxyl groups excluding tert-OH is 1. The van der Waals surface area contributed by atoms with Crippen LogP contribution < -0.4 is 10.6 Å². The molecule has 0 saturated carbocycles. The van der Waals surface area contributed by atoms with E-state index in [9.17, 15) is 9.90 Å². The van der Waals surface area contributed by atoms with Crippen molar-refractivity contribution in [3.63, 3.8) is 0 Å². The Morgan fingerprint density at radius 3 is 2.46 bits per heavy atom. The Kier molecular flexibility index (Phi) is 8.34. The maximum atomic E-state index is 11.8. The second-order valence-corrected chi connectivity index (χ2v) is 9.31. The summed E-state index contributed by atoms with van der Waals surface area (Å²) in [5.41, 5.74) is 3.41. The van der Waals surface area contributed by atoms with Gasteiger partial charge in [0.25, 0.3) is 0 Å². The third-order valence-corrected chi connectivity index (χ3v) is 6.96. The van der Waals surface area contributed by atoms with Gasteiger partial charge in [0.05, 0.1) is 18.8 Å². The Morgan fingerprint density at radius 1 is 1.11 bits per heavy atom. The summed E-state index contributed by atoms with van der Waals surface area (Å²) in [6.45, 7) is 4.52. The number of hydrogen-bond acceptors (Lipinski definition) is 8. The van der Waals surface area contributed by atoms with E-state index < -0.39 is 6.29 Å². The lowest BCUT2D eigenvalue weighted by molar-refractivity contribution is -0.268. The number of carbonyl (C=O) groups is 1. The molecule has 10 nitrogen and oxygen atoms in total. The molecular weight excluding hydrogens is 468 g/mol. The third-order valence-electron chi connectivity index (χ3n) is 5.86. The summed E-state index contributed by atoms with van der Waals surface area (Å²) in [4.78, 5) is 11.8. The highest BCUT2D eigenvalue weighted by molar-refractivity contribution is 7.99. The molecule has 1 saturated heterocycles. The van der Waals surface area contributed by atoms with Gasteiger partial charge in [-0.2, -0.15) is 0 Å². The number of anilines is 1. The lowest BCUT2D eigenvalue weighted by Crippen LogP contribution is -2.38. The maximum absolute atomic E-state index is 11.8. The van der Waals surface area contributed by atoms with Crippen LogP contribution in [0.3, 0.4) is 0 Å². The third kappa shape index (κ3) is 6.17. The number of carbonyl (C=O) groups excluding carboxylic acids is 1. The van der Waals surface area contributed by atoms with Crippen LogP contribution in [0.2, 0.25) is 0 Å². The number of rotatable bonds is 8. The first-order valence-electron chi connectivity index (χ1n) is 11.5. The molecule has 2 heterocycles. The summed E-state index contributed by atoms with van der Waals surface area (Å²) in [5, 5.41) is 27.3. The normalized spacial score (nSPS) is 22.1. The van der Waals surface area contributed by atoms with Gasteiger partial charge < -0.3 is 25.2 Å². The Balaban J connectivity index is 1.54. The van der Waals surface area contributed by atoms with E-state index in [2.05, 4.69) is 33.1 Å². The zero-order valence-corrected chi connectivity index (χ0v) is 20.7. The van der Waals surface area contributed by atoms with Gasteiger partial charge >= 0.3 is 6.03 Å². The number of aromatic nitrogens is 4. The molecule has 35 heavy (non-hydrogen) atoms. The summed E-state index contributed by atoms with van der Waals surface area (Å²) in [5.74, 6) is 0.704. The van der Waals surface area contributed by atoms with Gasteiger partial charge in [-0.1, -0.05) is 55.1 Å². The molecule has 4 rings (SSSR count). The van der Waals surface area contributed by atoms with Crippen molar-refractivity contribution in [2.45, 2.75) is 44.1 Å². The summed E-state index contributed by atoms with van der Waals surface area (Å²) < 4.78 is 14.5. The van der Waals surface area contributed by atoms with Crippen molar-refractivity contribution in [1.82, 2.24) is 25.5 Å². The standard InChI is InChI=1S/C24H30N6O4S/c1-4-25-23(32)26-19-11-9-18(10-12-19)22-33-20(14-35-24-27-28-29-30(24)3)15(2)21(34-22)17-7-5-16(13-31)6-8-17/h5-12,15,20-22,31H,4,13-14H2,1-3H3,(H2,25,26,32). The number of aliphatic hydroxyl groups is 1. The summed E-state index contributed by atoms with van der Waals surface area (Å²) in [7, 11) is 1.81. The van der Waals surface area contributed by atoms with Crippen molar-refractivity contribution < 1.29 is 19.4 Å². The average molecular weight is 499 g/mol. The van der Waals surface area contributed by atoms with Crippen molar-refractivity contribution in [2.75, 3.05) is 17.6 Å². The number of nitrogens with zero attached hydrogens (tertiary/aromatic N) is 4. The highest BCUT2D eigenvalue weighted by Gasteiger charge is 2.38. The first-order chi connectivity index (χ1) is 17.0. The molecule has 2 aromatic carbocycles. The molecule has 1 aliphatic rings. The van der Waals surface area contributed by atoms with Crippen LogP contribution >= 0.6 is 11.8 Å². The molecule has 1 aromatic heterocycles. The average Bonchev–Trinajstić information content (AvgIpc) is 3.28. The summed E-state index contributed by atoms with van der Waals surface area (Å²) >= 11 is 1.54. The minimum absolute atomic E-state index is 0.00520. The number of amides is 2. The van der Waals surface area contributed by atoms with Crippen LogP contribution in [0.15, 0.2) is 53.7 Å². The van der Waals surface area contributed by atoms with E-state index in [0.717, 1.165) is 16.7 Å². The molecule has 3 N–H and O–H groups in total. The summed E-state index contributed by atoms with van der Waals surface area (Å²) in [6, 6.07) is 15.0. The Bertz CT molecular complexity index is 1110. The molecule has 0 aliphatic carbocycles. The van der Waals surface area contributed by atoms with Crippen LogP contribution in [0.5, 0.6) is 0 Å². The molecule has 0 spiro atoms. The van der Waals surface area contributed by atoms with Crippen LogP contribution in [-0.4, -0.2) is 49.7 Å². The molecule has 4 unspecified atom stereocenters. The van der Waals surface area contributed by atoms with Crippen LogP contribution in [0.1, 0.15) is 42.9 Å². The van der Waals surface area contributed by atoms with Gasteiger partial charge in [-0.3, -0.25) is 0 Å². The minimum Gasteiger partial charge on any atom is -0.392 e. The zero-order chi connectivity index (χ0) is 24.8. The van der Waals surface area contributed by atoms with Crippen molar-refractivity contribution in [2.24, 2.45) is 13.0 Å². The molecule has 0 bridgehead atoms. The predicted molar refractivity (Wildman–Crippen MR) is 132 cm³/mol. The summed E-state index contributed by atoms with van der Waals surface area (Å²) in [6.07, 6.45) is -0.931. The Morgan fingerprint density at radius 2 is 1.83 bits per heavy atom. The lowest BCUT2D eigenvalue weighted by Gasteiger charge is -2.41. The number of ether oxygens (including phenoxy) is 2. The van der Waals surface area contributed by atoms with E-state index in [0.29, 0.717) is 23.1 Å². The van der Waals surface area contributed by atoms with E-state index in [1.165, 1.54) is 11.8 Å². The Labute approximate surface area is 208 Å². The van der Waals surface area contributed by atoms with Crippen LogP contribution in [-0.2, 0) is 23.1 Å². The number of aryl methyl sites for hydroxylation is 1. The molecule has 4 atom stereocenters. The molecule has 1 fully saturated rings. The largest absolute Gasteiger partial charge is 0.392 e. The fourth-order valence-corrected chi connectivity index (χ4v) is 4.88. The fourth-order valence-electron chi connectivity index (χ4n) is 3.87. The second-order valence-electron chi connectivity index (χ2n) is 8.32. The lowest BCUT2D eigenvalue weighted by atomic mass is 9.91. The van der Waals surface area contributed by atoms with Crippen LogP contribution in [0.25, 0.3) is 0 Å². The number of hydrogen-bond donors (Lipinski definition) is 3. The molecule has 11 heteroatoms. The minimum atomic E-state index is -0.588. The number of nitrogens with one attached hydrogen (secondary N) is 2. The molecule has 2 amide bonds. The van der Waals surface area contributed by atoms with Gasteiger partial charge in [0.2, 0.25) is 5.16 Å². The van der Waals surface area contributed by atoms with Crippen LogP contribution in [0, 0.1) is 5.92 Å². The Hall–Kier alpha value is -2.99. The van der Waals surface area contributed by atoms with Crippen molar-refractivity contribution in [3.8, 4) is 0 Å². The highest BCUT2D eigenvalue weighted by Crippen LogP contribution is 2.42. The highest BCUT2D eigenvalue weighted by atomic mass is 32.2. The number of thioether (sulfide) groups is 1. The second kappa shape index (κ2) is 11.6. The molecular formula is C24H30N6O4S. The van der Waals surface area contributed by atoms with E-state index in [1.54, 1.807) is 11.7 Å². The van der Waals surface area contributed by atoms with E-state index >= 15 is 0 Å². The topological polar surface area (TPSA) is 123 Å². The number of urea groups is 1. The van der Waals surface area contributed by atoms with Crippen molar-refractivity contribution >= 4 is 23.5 Å².